The monoisotopic (exact) mass is 521 g/mol. The summed E-state index contributed by atoms with van der Waals surface area (Å²) < 4.78 is 31.0. The Morgan fingerprint density at radius 3 is 2.46 bits per heavy atom. The van der Waals surface area contributed by atoms with E-state index in [1.807, 2.05) is 0 Å². The van der Waals surface area contributed by atoms with Crippen molar-refractivity contribution < 1.29 is 23.5 Å². The van der Waals surface area contributed by atoms with E-state index in [0.29, 0.717) is 9.24 Å². The van der Waals surface area contributed by atoms with Gasteiger partial charge in [0.1, 0.15) is 12.0 Å². The molecule has 13 nitrogen and oxygen atoms in total. The second-order valence-electron chi connectivity index (χ2n) is 8.56. The molecule has 0 aliphatic carbocycles. The van der Waals surface area contributed by atoms with Gasteiger partial charge in [-0.1, -0.05) is 6.92 Å². The molecule has 2 aromatic rings. The number of aromatic nitrogens is 4. The molecule has 0 unspecified atom stereocenters. The van der Waals surface area contributed by atoms with Crippen LogP contribution in [0.25, 0.3) is 0 Å². The van der Waals surface area contributed by atoms with Crippen LogP contribution in [0.15, 0.2) is 21.2 Å². The van der Waals surface area contributed by atoms with Gasteiger partial charge in [0.2, 0.25) is 11.9 Å². The number of hydrogen-bond donors (Lipinski definition) is 1. The molecule has 2 aromatic heterocycles. The number of amides is 1. The molecule has 0 radical (unpaired) electrons. The second kappa shape index (κ2) is 10.9. The molecule has 1 amide bonds. The summed E-state index contributed by atoms with van der Waals surface area (Å²) in [5.74, 6) is -0.846. The minimum absolute atomic E-state index is 0.0241. The number of aldehydes is 1. The van der Waals surface area contributed by atoms with Crippen LogP contribution in [0.3, 0.4) is 0 Å². The average molecular weight is 522 g/mol. The summed E-state index contributed by atoms with van der Waals surface area (Å²) in [6.07, 6.45) is 0.630. The fraction of sp³-hybridized carbons (Fsp3) is 0.500. The average Bonchev–Trinajstić information content (AvgIpc) is 2.88. The highest BCUT2D eigenvalue weighted by Crippen LogP contribution is 2.25. The number of halogens is 2. The van der Waals surface area contributed by atoms with Crippen molar-refractivity contribution in [2.75, 3.05) is 51.8 Å². The van der Waals surface area contributed by atoms with Crippen LogP contribution >= 0.6 is 0 Å². The van der Waals surface area contributed by atoms with Crippen LogP contribution in [0.5, 0.6) is 5.75 Å². The van der Waals surface area contributed by atoms with E-state index in [2.05, 4.69) is 26.8 Å². The Hall–Kier alpha value is -4.01. The summed E-state index contributed by atoms with van der Waals surface area (Å²) in [6, 6.07) is -4.02. The van der Waals surface area contributed by atoms with Crippen molar-refractivity contribution in [3.05, 3.63) is 39.4 Å². The summed E-state index contributed by atoms with van der Waals surface area (Å²) in [6.45, 7) is 6.85. The van der Waals surface area contributed by atoms with Crippen LogP contribution in [-0.2, 0) is 17.3 Å². The van der Waals surface area contributed by atoms with Crippen molar-refractivity contribution in [1.82, 2.24) is 29.0 Å². The zero-order valence-corrected chi connectivity index (χ0v) is 21.1. The molecule has 1 aliphatic heterocycles. The Kier molecular flexibility index (Phi) is 8.15. The lowest BCUT2D eigenvalue weighted by molar-refractivity contribution is -0.145. The molecule has 0 saturated carbocycles. The molecule has 1 aliphatic rings. The van der Waals surface area contributed by atoms with Crippen LogP contribution in [0.1, 0.15) is 28.8 Å². The van der Waals surface area contributed by atoms with Crippen molar-refractivity contribution in [2.45, 2.75) is 26.3 Å². The Balaban J connectivity index is 2.08. The lowest BCUT2D eigenvalue weighted by Gasteiger charge is -2.37. The molecule has 200 valence electrons. The molecule has 1 fully saturated rings. The lowest BCUT2D eigenvalue weighted by atomic mass is 10.2. The van der Waals surface area contributed by atoms with Gasteiger partial charge < -0.3 is 14.9 Å². The highest BCUT2D eigenvalue weighted by atomic mass is 19.3. The largest absolute Gasteiger partial charge is 0.504 e. The number of aryl methyl sites for hydroxylation is 1. The first kappa shape index (κ1) is 27.6. The van der Waals surface area contributed by atoms with E-state index in [1.165, 1.54) is 18.2 Å². The van der Waals surface area contributed by atoms with Gasteiger partial charge in [0.25, 0.3) is 11.5 Å². The normalized spacial score (nSPS) is 14.8. The fourth-order valence-electron chi connectivity index (χ4n) is 4.02. The van der Waals surface area contributed by atoms with E-state index in [1.54, 1.807) is 30.8 Å². The van der Waals surface area contributed by atoms with E-state index in [-0.39, 0.29) is 67.8 Å². The summed E-state index contributed by atoms with van der Waals surface area (Å²) in [5.41, 5.74) is -1.34. The summed E-state index contributed by atoms with van der Waals surface area (Å²) in [4.78, 5) is 54.2. The van der Waals surface area contributed by atoms with Gasteiger partial charge in [-0.2, -0.15) is 18.6 Å². The van der Waals surface area contributed by atoms with Gasteiger partial charge in [0, 0.05) is 32.9 Å². The molecule has 1 saturated heterocycles. The van der Waals surface area contributed by atoms with Gasteiger partial charge in [-0.25, -0.2) is 19.5 Å². The topological polar surface area (TPSA) is 142 Å². The van der Waals surface area contributed by atoms with E-state index >= 15 is 0 Å². The van der Waals surface area contributed by atoms with E-state index in [0.717, 1.165) is 0 Å². The van der Waals surface area contributed by atoms with Gasteiger partial charge in [0.05, 0.1) is 18.1 Å². The van der Waals surface area contributed by atoms with E-state index in [4.69, 9.17) is 0 Å². The molecule has 3 rings (SSSR count). The maximum Gasteiger partial charge on any atom is 0.388 e. The van der Waals surface area contributed by atoms with Gasteiger partial charge in [-0.3, -0.25) is 19.3 Å². The fourth-order valence-corrected chi connectivity index (χ4v) is 4.02. The lowest BCUT2D eigenvalue weighted by Crippen LogP contribution is -2.54. The van der Waals surface area contributed by atoms with Crippen molar-refractivity contribution in [3.8, 4) is 5.75 Å². The van der Waals surface area contributed by atoms with Crippen LogP contribution < -0.4 is 16.1 Å². The minimum atomic E-state index is -4.02. The van der Waals surface area contributed by atoms with Crippen LogP contribution in [0, 0.1) is 6.92 Å². The Labute approximate surface area is 211 Å². The van der Waals surface area contributed by atoms with E-state index in [9.17, 15) is 28.3 Å². The number of hydrogen-bond acceptors (Lipinski definition) is 10. The summed E-state index contributed by atoms with van der Waals surface area (Å²) in [7, 11) is 3.32. The van der Waals surface area contributed by atoms with Crippen LogP contribution in [0.2, 0.25) is 0 Å². The number of nitrogens with zero attached hydrogens (tertiary/aromatic N) is 9. The van der Waals surface area contributed by atoms with Crippen molar-refractivity contribution in [3.63, 3.8) is 0 Å². The van der Waals surface area contributed by atoms with Crippen LogP contribution in [0.4, 0.5) is 14.5 Å². The SMILES string of the molecule is C=Nn1c(=O)c(N2CCN(C(=O)c3ncnc(C)c3O)CC2)c(CC)n(C(F)(F)C=O)/c1=N/CN(C)C. The third-order valence-corrected chi connectivity index (χ3v) is 5.83. The number of anilines is 1. The second-order valence-corrected chi connectivity index (χ2v) is 8.56. The number of piperazine rings is 1. The first-order chi connectivity index (χ1) is 17.5. The first-order valence-corrected chi connectivity index (χ1v) is 11.4. The Bertz CT molecular complexity index is 1330. The molecule has 0 spiro atoms. The number of aromatic hydroxyl groups is 1. The maximum atomic E-state index is 15.0. The zero-order valence-electron chi connectivity index (χ0n) is 21.1. The highest BCUT2D eigenvalue weighted by Gasteiger charge is 2.38. The zero-order chi connectivity index (χ0) is 27.5. The van der Waals surface area contributed by atoms with Crippen molar-refractivity contribution in [2.24, 2.45) is 10.1 Å². The van der Waals surface area contributed by atoms with E-state index < -0.39 is 29.4 Å². The first-order valence-electron chi connectivity index (χ1n) is 11.4. The molecular formula is C22H29F2N9O4. The molecule has 37 heavy (non-hydrogen) atoms. The van der Waals surface area contributed by atoms with Gasteiger partial charge in [0.15, 0.2) is 11.4 Å². The smallest absolute Gasteiger partial charge is 0.388 e. The number of rotatable bonds is 8. The molecule has 0 aromatic carbocycles. The number of carbonyl (C=O) groups excluding carboxylic acids is 2. The highest BCUT2D eigenvalue weighted by molar-refractivity contribution is 5.95. The van der Waals surface area contributed by atoms with Gasteiger partial charge >= 0.3 is 6.05 Å². The number of alkyl halides is 2. The van der Waals surface area contributed by atoms with Gasteiger partial charge in [-0.15, -0.1) is 0 Å². The summed E-state index contributed by atoms with van der Waals surface area (Å²) >= 11 is 0. The third-order valence-electron chi connectivity index (χ3n) is 5.83. The standard InChI is InChI=1S/C22H29F2N9O4/c1-6-15-17(20(37)33(25-3)21(28-13-29(4)5)32(15)22(23,24)11-34)30-7-9-31(10-8-30)19(36)16-18(35)14(2)26-12-27-16/h11-12,35H,3,6-10,13H2,1-2,4-5H3/b28-21-. The predicted octanol–water partition coefficient (Wildman–Crippen LogP) is -0.390. The maximum absolute atomic E-state index is 15.0. The van der Waals surface area contributed by atoms with Gasteiger partial charge in [-0.05, 0) is 27.4 Å². The molecule has 0 atom stereocenters. The third kappa shape index (κ3) is 5.26. The quantitative estimate of drug-likeness (QED) is 0.366. The predicted molar refractivity (Wildman–Crippen MR) is 130 cm³/mol. The Morgan fingerprint density at radius 1 is 1.27 bits per heavy atom. The van der Waals surface area contributed by atoms with Crippen molar-refractivity contribution >= 4 is 24.6 Å². The molecule has 3 heterocycles. The summed E-state index contributed by atoms with van der Waals surface area (Å²) in [5, 5.41) is 13.8. The number of carbonyl (C=O) groups is 2. The Morgan fingerprint density at radius 2 is 1.92 bits per heavy atom. The minimum Gasteiger partial charge on any atom is -0.504 e. The molecule has 15 heteroatoms. The molecular weight excluding hydrogens is 492 g/mol. The molecule has 1 N–H and O–H groups in total. The van der Waals surface area contributed by atoms with Crippen molar-refractivity contribution in [1.29, 1.82) is 0 Å². The van der Waals surface area contributed by atoms with Crippen LogP contribution in [-0.4, -0.2) is 100.0 Å². The molecule has 0 bridgehead atoms.